The minimum absolute atomic E-state index is 0.803. The Kier molecular flexibility index (Phi) is 8.70. The van der Waals surface area contributed by atoms with Gasteiger partial charge in [-0.3, -0.25) is 0 Å². The van der Waals surface area contributed by atoms with E-state index in [0.29, 0.717) is 0 Å². The monoisotopic (exact) mass is 254 g/mol. The van der Waals surface area contributed by atoms with E-state index in [9.17, 15) is 0 Å². The summed E-state index contributed by atoms with van der Waals surface area (Å²) in [4.78, 5) is 2.64. The Morgan fingerprint density at radius 2 is 1.61 bits per heavy atom. The predicted octanol–water partition coefficient (Wildman–Crippen LogP) is 3.65. The van der Waals surface area contributed by atoms with E-state index in [-0.39, 0.29) is 0 Å². The van der Waals surface area contributed by atoms with Crippen LogP contribution in [0.1, 0.15) is 65.2 Å². The summed E-state index contributed by atoms with van der Waals surface area (Å²) in [6, 6.07) is 0. The van der Waals surface area contributed by atoms with E-state index in [1.165, 1.54) is 71.0 Å². The highest BCUT2D eigenvalue weighted by atomic mass is 15.1. The molecule has 2 N–H and O–H groups in total. The summed E-state index contributed by atoms with van der Waals surface area (Å²) in [6.45, 7) is 9.44. The first-order valence-electron chi connectivity index (χ1n) is 8.14. The third kappa shape index (κ3) is 7.38. The lowest BCUT2D eigenvalue weighted by atomic mass is 9.97. The molecular formula is C16H34N2. The minimum Gasteiger partial charge on any atom is -0.330 e. The van der Waals surface area contributed by atoms with Gasteiger partial charge in [-0.2, -0.15) is 0 Å². The van der Waals surface area contributed by atoms with Gasteiger partial charge in [0.05, 0.1) is 0 Å². The van der Waals surface area contributed by atoms with Crippen molar-refractivity contribution >= 4 is 0 Å². The van der Waals surface area contributed by atoms with Gasteiger partial charge >= 0.3 is 0 Å². The van der Waals surface area contributed by atoms with Crippen LogP contribution in [0.5, 0.6) is 0 Å². The molecule has 0 saturated carbocycles. The number of hydrogen-bond donors (Lipinski definition) is 1. The predicted molar refractivity (Wildman–Crippen MR) is 80.8 cm³/mol. The van der Waals surface area contributed by atoms with Crippen molar-refractivity contribution < 1.29 is 0 Å². The molecule has 2 heteroatoms. The Morgan fingerprint density at radius 1 is 1.00 bits per heavy atom. The molecule has 18 heavy (non-hydrogen) atoms. The van der Waals surface area contributed by atoms with Crippen molar-refractivity contribution in [3.8, 4) is 0 Å². The van der Waals surface area contributed by atoms with Crippen LogP contribution in [-0.2, 0) is 0 Å². The van der Waals surface area contributed by atoms with Crippen LogP contribution in [-0.4, -0.2) is 31.1 Å². The molecule has 0 bridgehead atoms. The zero-order valence-electron chi connectivity index (χ0n) is 12.7. The van der Waals surface area contributed by atoms with Crippen molar-refractivity contribution in [1.82, 2.24) is 4.90 Å². The largest absolute Gasteiger partial charge is 0.330 e. The quantitative estimate of drug-likeness (QED) is 0.636. The molecule has 1 aliphatic rings. The summed E-state index contributed by atoms with van der Waals surface area (Å²) in [5.41, 5.74) is 5.72. The Morgan fingerprint density at radius 3 is 2.22 bits per heavy atom. The SMILES string of the molecule is CC(C)CCCCCCCN1CCC(CN)CC1. The number of hydrogen-bond acceptors (Lipinski definition) is 2. The number of likely N-dealkylation sites (tertiary alicyclic amines) is 1. The molecule has 108 valence electrons. The highest BCUT2D eigenvalue weighted by molar-refractivity contribution is 4.72. The van der Waals surface area contributed by atoms with Crippen LogP contribution >= 0.6 is 0 Å². The van der Waals surface area contributed by atoms with Gasteiger partial charge in [0.1, 0.15) is 0 Å². The lowest BCUT2D eigenvalue weighted by Crippen LogP contribution is -2.36. The highest BCUT2D eigenvalue weighted by Crippen LogP contribution is 2.16. The zero-order chi connectivity index (χ0) is 13.2. The van der Waals surface area contributed by atoms with Crippen LogP contribution in [0.25, 0.3) is 0 Å². The number of nitrogens with zero attached hydrogens (tertiary/aromatic N) is 1. The highest BCUT2D eigenvalue weighted by Gasteiger charge is 2.16. The van der Waals surface area contributed by atoms with Gasteiger partial charge in [0.15, 0.2) is 0 Å². The molecule has 1 rings (SSSR count). The molecule has 0 radical (unpaired) electrons. The Hall–Kier alpha value is -0.0800. The van der Waals surface area contributed by atoms with Crippen molar-refractivity contribution in [2.45, 2.75) is 65.2 Å². The number of unbranched alkanes of at least 4 members (excludes halogenated alkanes) is 4. The second-order valence-electron chi connectivity index (χ2n) is 6.47. The van der Waals surface area contributed by atoms with Crippen LogP contribution in [0, 0.1) is 11.8 Å². The van der Waals surface area contributed by atoms with Crippen LogP contribution in [0.15, 0.2) is 0 Å². The molecule has 1 aliphatic heterocycles. The second-order valence-corrected chi connectivity index (χ2v) is 6.47. The van der Waals surface area contributed by atoms with Crippen LogP contribution in [0.4, 0.5) is 0 Å². The minimum atomic E-state index is 0.803. The van der Waals surface area contributed by atoms with Crippen LogP contribution in [0.2, 0.25) is 0 Å². The molecule has 0 aromatic rings. The van der Waals surface area contributed by atoms with Gasteiger partial charge < -0.3 is 10.6 Å². The zero-order valence-corrected chi connectivity index (χ0v) is 12.7. The molecule has 1 fully saturated rings. The summed E-state index contributed by atoms with van der Waals surface area (Å²) in [5, 5.41) is 0. The summed E-state index contributed by atoms with van der Waals surface area (Å²) >= 11 is 0. The lowest BCUT2D eigenvalue weighted by molar-refractivity contribution is 0.184. The first-order valence-corrected chi connectivity index (χ1v) is 8.14. The Bertz CT molecular complexity index is 184. The first-order chi connectivity index (χ1) is 8.72. The topological polar surface area (TPSA) is 29.3 Å². The van der Waals surface area contributed by atoms with E-state index in [2.05, 4.69) is 18.7 Å². The number of rotatable bonds is 9. The summed E-state index contributed by atoms with van der Waals surface area (Å²) in [7, 11) is 0. The maximum absolute atomic E-state index is 5.72. The fourth-order valence-electron chi connectivity index (χ4n) is 2.86. The van der Waals surface area contributed by atoms with Crippen molar-refractivity contribution in [2.24, 2.45) is 17.6 Å². The van der Waals surface area contributed by atoms with Crippen molar-refractivity contribution in [3.63, 3.8) is 0 Å². The second kappa shape index (κ2) is 9.80. The number of piperidine rings is 1. The Balaban J connectivity index is 1.86. The van der Waals surface area contributed by atoms with Gasteiger partial charge in [0.25, 0.3) is 0 Å². The Labute approximate surface area is 114 Å². The summed E-state index contributed by atoms with van der Waals surface area (Å²) in [5.74, 6) is 1.69. The molecule has 0 amide bonds. The molecule has 1 heterocycles. The third-order valence-electron chi connectivity index (χ3n) is 4.30. The van der Waals surface area contributed by atoms with Gasteiger partial charge in [-0.1, -0.05) is 46.0 Å². The van der Waals surface area contributed by atoms with E-state index in [0.717, 1.165) is 18.4 Å². The molecule has 1 saturated heterocycles. The molecular weight excluding hydrogens is 220 g/mol. The third-order valence-corrected chi connectivity index (χ3v) is 4.30. The molecule has 0 aliphatic carbocycles. The van der Waals surface area contributed by atoms with Gasteiger partial charge in [0, 0.05) is 0 Å². The molecule has 0 aromatic carbocycles. The lowest BCUT2D eigenvalue weighted by Gasteiger charge is -2.31. The van der Waals surface area contributed by atoms with Crippen LogP contribution in [0.3, 0.4) is 0 Å². The standard InChI is InChI=1S/C16H34N2/c1-15(2)8-6-4-3-5-7-11-18-12-9-16(14-17)10-13-18/h15-16H,3-14,17H2,1-2H3. The fourth-order valence-corrected chi connectivity index (χ4v) is 2.86. The normalized spacial score (nSPS) is 18.7. The van der Waals surface area contributed by atoms with Crippen molar-refractivity contribution in [2.75, 3.05) is 26.2 Å². The van der Waals surface area contributed by atoms with E-state index in [1.807, 2.05) is 0 Å². The van der Waals surface area contributed by atoms with E-state index >= 15 is 0 Å². The molecule has 0 atom stereocenters. The maximum Gasteiger partial charge on any atom is -0.00156 e. The van der Waals surface area contributed by atoms with Crippen LogP contribution < -0.4 is 5.73 Å². The molecule has 0 aromatic heterocycles. The molecule has 0 unspecified atom stereocenters. The van der Waals surface area contributed by atoms with Gasteiger partial charge in [0.2, 0.25) is 0 Å². The van der Waals surface area contributed by atoms with E-state index in [1.54, 1.807) is 0 Å². The van der Waals surface area contributed by atoms with Crippen molar-refractivity contribution in [3.05, 3.63) is 0 Å². The fraction of sp³-hybridized carbons (Fsp3) is 1.00. The van der Waals surface area contributed by atoms with E-state index in [4.69, 9.17) is 5.73 Å². The maximum atomic E-state index is 5.72. The van der Waals surface area contributed by atoms with Gasteiger partial charge in [-0.15, -0.1) is 0 Å². The first kappa shape index (κ1) is 16.0. The average Bonchev–Trinajstić information content (AvgIpc) is 2.38. The molecule has 2 nitrogen and oxygen atoms in total. The number of nitrogens with two attached hydrogens (primary N) is 1. The van der Waals surface area contributed by atoms with E-state index < -0.39 is 0 Å². The average molecular weight is 254 g/mol. The van der Waals surface area contributed by atoms with Gasteiger partial charge in [-0.25, -0.2) is 0 Å². The summed E-state index contributed by atoms with van der Waals surface area (Å²) < 4.78 is 0. The van der Waals surface area contributed by atoms with Gasteiger partial charge in [-0.05, 0) is 57.3 Å². The van der Waals surface area contributed by atoms with Crippen molar-refractivity contribution in [1.29, 1.82) is 0 Å². The molecule has 0 spiro atoms. The smallest absolute Gasteiger partial charge is 0.00156 e. The summed E-state index contributed by atoms with van der Waals surface area (Å²) in [6.07, 6.45) is 11.2.